The van der Waals surface area contributed by atoms with E-state index in [2.05, 4.69) is 0 Å². The standard InChI is InChI=1S/C25H14F11IN2O2/c1-39(21(41)12-5-7-15(26)8-6-12)16-4-2-3-13(9-16)20(40)38-19-17(23(28,29)30)10-14(11-18(19)37)22(27,24(31,32)33)25(34,35)36/h2-11H,1H3,(H,38,40). The van der Waals surface area contributed by atoms with Crippen molar-refractivity contribution in [2.45, 2.75) is 24.2 Å². The van der Waals surface area contributed by atoms with Crippen molar-refractivity contribution in [3.05, 3.63) is 92.3 Å². The summed E-state index contributed by atoms with van der Waals surface area (Å²) in [5.74, 6) is -2.56. The van der Waals surface area contributed by atoms with Crippen LogP contribution in [0.5, 0.6) is 0 Å². The lowest BCUT2D eigenvalue weighted by molar-refractivity contribution is -0.348. The number of amides is 2. The molecule has 0 heterocycles. The smallest absolute Gasteiger partial charge is 0.320 e. The van der Waals surface area contributed by atoms with E-state index in [1.807, 2.05) is 0 Å². The number of anilines is 2. The van der Waals surface area contributed by atoms with Crippen molar-refractivity contribution in [3.8, 4) is 0 Å². The van der Waals surface area contributed by atoms with Crippen molar-refractivity contribution < 1.29 is 57.9 Å². The van der Waals surface area contributed by atoms with Crippen LogP contribution in [0, 0.1) is 9.39 Å². The molecule has 4 nitrogen and oxygen atoms in total. The number of hydrogen-bond donors (Lipinski definition) is 1. The van der Waals surface area contributed by atoms with Gasteiger partial charge in [0, 0.05) is 33.0 Å². The Hall–Kier alpha value is -3.44. The number of carbonyl (C=O) groups excluding carboxylic acids is 2. The molecule has 16 heteroatoms. The number of benzene rings is 3. The molecule has 0 aliphatic carbocycles. The van der Waals surface area contributed by atoms with Crippen LogP contribution in [0.4, 0.5) is 59.7 Å². The fourth-order valence-corrected chi connectivity index (χ4v) is 4.35. The maximum atomic E-state index is 14.5. The average Bonchev–Trinajstić information content (AvgIpc) is 2.86. The molecule has 2 amide bonds. The Bertz CT molecular complexity index is 1450. The fraction of sp³-hybridized carbons (Fsp3) is 0.200. The van der Waals surface area contributed by atoms with E-state index >= 15 is 0 Å². The highest BCUT2D eigenvalue weighted by Gasteiger charge is 2.73. The van der Waals surface area contributed by atoms with Gasteiger partial charge < -0.3 is 10.2 Å². The van der Waals surface area contributed by atoms with Gasteiger partial charge in [0.2, 0.25) is 0 Å². The molecule has 0 spiro atoms. The Morgan fingerprint density at radius 1 is 0.780 bits per heavy atom. The van der Waals surface area contributed by atoms with Gasteiger partial charge in [0.05, 0.1) is 11.3 Å². The van der Waals surface area contributed by atoms with Gasteiger partial charge in [-0.25, -0.2) is 8.78 Å². The van der Waals surface area contributed by atoms with Crippen molar-refractivity contribution in [2.75, 3.05) is 17.3 Å². The van der Waals surface area contributed by atoms with E-state index in [0.717, 1.165) is 51.8 Å². The predicted molar refractivity (Wildman–Crippen MR) is 133 cm³/mol. The van der Waals surface area contributed by atoms with E-state index < -0.39 is 68.3 Å². The van der Waals surface area contributed by atoms with Crippen LogP contribution in [0.15, 0.2) is 60.7 Å². The molecule has 0 bridgehead atoms. The van der Waals surface area contributed by atoms with Crippen LogP contribution < -0.4 is 10.2 Å². The molecule has 0 saturated heterocycles. The number of nitrogens with one attached hydrogen (secondary N) is 1. The predicted octanol–water partition coefficient (Wildman–Crippen LogP) is 8.27. The molecule has 0 atom stereocenters. The van der Waals surface area contributed by atoms with E-state index in [-0.39, 0.29) is 22.9 Å². The molecule has 41 heavy (non-hydrogen) atoms. The second-order valence-electron chi connectivity index (χ2n) is 8.41. The van der Waals surface area contributed by atoms with Gasteiger partial charge in [-0.15, -0.1) is 0 Å². The van der Waals surface area contributed by atoms with Crippen LogP contribution in [-0.2, 0) is 11.8 Å². The molecule has 3 rings (SSSR count). The van der Waals surface area contributed by atoms with Gasteiger partial charge in [0.15, 0.2) is 0 Å². The number of halogens is 12. The summed E-state index contributed by atoms with van der Waals surface area (Å²) in [5, 5.41) is 1.79. The van der Waals surface area contributed by atoms with Crippen LogP contribution in [0.25, 0.3) is 0 Å². The molecule has 0 aliphatic heterocycles. The summed E-state index contributed by atoms with van der Waals surface area (Å²) in [7, 11) is 1.27. The minimum atomic E-state index is -6.67. The van der Waals surface area contributed by atoms with Crippen molar-refractivity contribution in [1.82, 2.24) is 0 Å². The quantitative estimate of drug-likeness (QED) is 0.214. The SMILES string of the molecule is CN(C(=O)c1ccc(F)cc1)c1cccc(C(=O)Nc2c(I)cc(C(F)(C(F)(F)F)C(F)(F)F)cc2C(F)(F)F)c1. The normalized spacial score (nSPS) is 12.7. The van der Waals surface area contributed by atoms with Crippen molar-refractivity contribution in [1.29, 1.82) is 0 Å². The highest BCUT2D eigenvalue weighted by molar-refractivity contribution is 14.1. The molecular weight excluding hydrogens is 696 g/mol. The molecule has 1 N–H and O–H groups in total. The summed E-state index contributed by atoms with van der Waals surface area (Å²) in [6.07, 6.45) is -19.0. The van der Waals surface area contributed by atoms with Crippen LogP contribution >= 0.6 is 22.6 Å². The molecule has 0 fully saturated rings. The van der Waals surface area contributed by atoms with Gasteiger partial charge in [0.1, 0.15) is 5.82 Å². The Kier molecular flexibility index (Phi) is 8.68. The zero-order chi connectivity index (χ0) is 31.1. The largest absolute Gasteiger partial charge is 0.435 e. The Morgan fingerprint density at radius 3 is 1.85 bits per heavy atom. The maximum Gasteiger partial charge on any atom is 0.435 e. The number of alkyl halides is 10. The van der Waals surface area contributed by atoms with Gasteiger partial charge in [-0.05, 0) is 77.2 Å². The molecule has 220 valence electrons. The van der Waals surface area contributed by atoms with Crippen LogP contribution in [0.2, 0.25) is 0 Å². The lowest BCUT2D eigenvalue weighted by Crippen LogP contribution is -2.50. The Labute approximate surface area is 237 Å². The molecule has 0 radical (unpaired) electrons. The fourth-order valence-electron chi connectivity index (χ4n) is 3.59. The van der Waals surface area contributed by atoms with Gasteiger partial charge in [0.25, 0.3) is 11.8 Å². The number of hydrogen-bond acceptors (Lipinski definition) is 2. The van der Waals surface area contributed by atoms with E-state index in [9.17, 15) is 57.9 Å². The zero-order valence-electron chi connectivity index (χ0n) is 20.1. The van der Waals surface area contributed by atoms with E-state index in [0.29, 0.717) is 0 Å². The minimum absolute atomic E-state index is 0.0469. The summed E-state index contributed by atoms with van der Waals surface area (Å²) < 4.78 is 147. The van der Waals surface area contributed by atoms with Gasteiger partial charge in [-0.2, -0.15) is 39.5 Å². The second-order valence-corrected chi connectivity index (χ2v) is 9.57. The third kappa shape index (κ3) is 6.41. The first-order chi connectivity index (χ1) is 18.7. The molecule has 3 aromatic rings. The molecule has 0 aliphatic rings. The van der Waals surface area contributed by atoms with E-state index in [4.69, 9.17) is 0 Å². The number of rotatable bonds is 5. The molecule has 0 aromatic heterocycles. The number of carbonyl (C=O) groups is 2. The summed E-state index contributed by atoms with van der Waals surface area (Å²) in [6, 6.07) is 8.38. The summed E-state index contributed by atoms with van der Waals surface area (Å²) >= 11 is 0.940. The third-order valence-corrected chi connectivity index (χ3v) is 6.56. The van der Waals surface area contributed by atoms with Gasteiger partial charge in [-0.3, -0.25) is 9.59 Å². The van der Waals surface area contributed by atoms with E-state index in [1.54, 1.807) is 5.32 Å². The third-order valence-electron chi connectivity index (χ3n) is 5.70. The Morgan fingerprint density at radius 2 is 1.34 bits per heavy atom. The van der Waals surface area contributed by atoms with Gasteiger partial charge in [-0.1, -0.05) is 6.07 Å². The van der Waals surface area contributed by atoms with Crippen LogP contribution in [-0.4, -0.2) is 31.2 Å². The highest BCUT2D eigenvalue weighted by atomic mass is 127. The van der Waals surface area contributed by atoms with Gasteiger partial charge >= 0.3 is 24.2 Å². The highest BCUT2D eigenvalue weighted by Crippen LogP contribution is 2.54. The minimum Gasteiger partial charge on any atom is -0.320 e. The van der Waals surface area contributed by atoms with E-state index in [1.165, 1.54) is 31.3 Å². The average molecular weight is 710 g/mol. The molecular formula is C25H14F11IN2O2. The molecule has 0 unspecified atom stereocenters. The first-order valence-corrected chi connectivity index (χ1v) is 11.9. The van der Waals surface area contributed by atoms with Crippen LogP contribution in [0.1, 0.15) is 31.8 Å². The van der Waals surface area contributed by atoms with Crippen molar-refractivity contribution >= 4 is 45.8 Å². The zero-order valence-corrected chi connectivity index (χ0v) is 22.2. The number of nitrogens with zero attached hydrogens (tertiary/aromatic N) is 1. The lowest BCUT2D eigenvalue weighted by atomic mass is 9.92. The topological polar surface area (TPSA) is 49.4 Å². The Balaban J connectivity index is 2.02. The summed E-state index contributed by atoms with van der Waals surface area (Å²) in [4.78, 5) is 26.5. The first kappa shape index (κ1) is 32.1. The first-order valence-electron chi connectivity index (χ1n) is 10.9. The molecule has 3 aromatic carbocycles. The van der Waals surface area contributed by atoms with Crippen molar-refractivity contribution in [2.24, 2.45) is 0 Å². The van der Waals surface area contributed by atoms with Crippen molar-refractivity contribution in [3.63, 3.8) is 0 Å². The maximum absolute atomic E-state index is 14.5. The monoisotopic (exact) mass is 710 g/mol. The summed E-state index contributed by atoms with van der Waals surface area (Å²) in [6.45, 7) is 0. The van der Waals surface area contributed by atoms with Crippen LogP contribution in [0.3, 0.4) is 0 Å². The summed E-state index contributed by atoms with van der Waals surface area (Å²) in [5.41, 5.74) is -12.2. The molecule has 0 saturated carbocycles. The second kappa shape index (κ2) is 11.1. The lowest BCUT2D eigenvalue weighted by Gasteiger charge is -2.31.